The first kappa shape index (κ1) is 17.7. The Morgan fingerprint density at radius 2 is 1.81 bits per heavy atom. The molecular formula is C16H23BrN2O2. The lowest BCUT2D eigenvalue weighted by Gasteiger charge is -2.21. The minimum absolute atomic E-state index is 0.111. The molecule has 116 valence electrons. The topological polar surface area (TPSA) is 49.4 Å². The fourth-order valence-electron chi connectivity index (χ4n) is 2.07. The Balaban J connectivity index is 2.61. The van der Waals surface area contributed by atoms with Gasteiger partial charge in [0.2, 0.25) is 11.8 Å². The van der Waals surface area contributed by atoms with Crippen molar-refractivity contribution < 1.29 is 9.59 Å². The van der Waals surface area contributed by atoms with Crippen LogP contribution in [0, 0.1) is 6.92 Å². The van der Waals surface area contributed by atoms with Crippen LogP contribution >= 0.6 is 15.9 Å². The number of hydrogen-bond acceptors (Lipinski definition) is 2. The lowest BCUT2D eigenvalue weighted by molar-refractivity contribution is -0.134. The van der Waals surface area contributed by atoms with Crippen molar-refractivity contribution >= 4 is 33.4 Å². The van der Waals surface area contributed by atoms with Gasteiger partial charge in [0.1, 0.15) is 6.42 Å². The summed E-state index contributed by atoms with van der Waals surface area (Å²) >= 11 is 3.41. The molecule has 0 heterocycles. The molecule has 0 aliphatic carbocycles. The molecule has 4 nitrogen and oxygen atoms in total. The molecule has 0 aliphatic rings. The van der Waals surface area contributed by atoms with Gasteiger partial charge in [0.05, 0.1) is 5.69 Å². The average molecular weight is 355 g/mol. The van der Waals surface area contributed by atoms with E-state index < -0.39 is 0 Å². The third kappa shape index (κ3) is 5.87. The zero-order valence-electron chi connectivity index (χ0n) is 12.9. The van der Waals surface area contributed by atoms with E-state index in [1.807, 2.05) is 39.0 Å². The molecule has 0 unspecified atom stereocenters. The number of nitrogens with zero attached hydrogens (tertiary/aromatic N) is 1. The smallest absolute Gasteiger partial charge is 0.233 e. The van der Waals surface area contributed by atoms with Gasteiger partial charge in [0.25, 0.3) is 0 Å². The van der Waals surface area contributed by atoms with E-state index in [1.165, 1.54) is 0 Å². The van der Waals surface area contributed by atoms with Crippen LogP contribution in [0.2, 0.25) is 0 Å². The monoisotopic (exact) mass is 354 g/mol. The maximum absolute atomic E-state index is 12.1. The van der Waals surface area contributed by atoms with Gasteiger partial charge in [-0.15, -0.1) is 0 Å². The predicted octanol–water partition coefficient (Wildman–Crippen LogP) is 3.73. The minimum Gasteiger partial charge on any atom is -0.342 e. The van der Waals surface area contributed by atoms with Gasteiger partial charge < -0.3 is 10.2 Å². The van der Waals surface area contributed by atoms with E-state index in [4.69, 9.17) is 0 Å². The molecule has 2 amide bonds. The summed E-state index contributed by atoms with van der Waals surface area (Å²) in [4.78, 5) is 25.9. The number of hydrogen-bond donors (Lipinski definition) is 1. The van der Waals surface area contributed by atoms with Gasteiger partial charge in [-0.05, 0) is 53.4 Å². The molecule has 0 atom stereocenters. The van der Waals surface area contributed by atoms with Crippen molar-refractivity contribution in [3.8, 4) is 0 Å². The molecule has 1 rings (SSSR count). The molecule has 0 spiro atoms. The van der Waals surface area contributed by atoms with Gasteiger partial charge in [-0.25, -0.2) is 0 Å². The maximum Gasteiger partial charge on any atom is 0.233 e. The zero-order valence-corrected chi connectivity index (χ0v) is 14.5. The summed E-state index contributed by atoms with van der Waals surface area (Å²) in [7, 11) is 0. The minimum atomic E-state index is -0.276. The van der Waals surface area contributed by atoms with Crippen molar-refractivity contribution in [3.63, 3.8) is 0 Å². The van der Waals surface area contributed by atoms with Crippen molar-refractivity contribution in [1.82, 2.24) is 4.90 Å². The number of nitrogens with one attached hydrogen (secondary N) is 1. The first-order valence-electron chi connectivity index (χ1n) is 7.31. The van der Waals surface area contributed by atoms with Crippen LogP contribution < -0.4 is 5.32 Å². The van der Waals surface area contributed by atoms with Crippen LogP contribution in [0.3, 0.4) is 0 Å². The lowest BCUT2D eigenvalue weighted by Crippen LogP contribution is -2.35. The molecule has 0 aromatic heterocycles. The summed E-state index contributed by atoms with van der Waals surface area (Å²) in [6, 6.07) is 5.68. The van der Waals surface area contributed by atoms with E-state index in [2.05, 4.69) is 21.2 Å². The second-order valence-electron chi connectivity index (χ2n) is 5.09. The number of anilines is 1. The van der Waals surface area contributed by atoms with E-state index in [9.17, 15) is 9.59 Å². The van der Waals surface area contributed by atoms with Gasteiger partial charge in [0, 0.05) is 17.6 Å². The number of carbonyl (C=O) groups excluding carboxylic acids is 2. The summed E-state index contributed by atoms with van der Waals surface area (Å²) in [6.45, 7) is 7.44. The van der Waals surface area contributed by atoms with Crippen LogP contribution in [0.4, 0.5) is 5.69 Å². The summed E-state index contributed by atoms with van der Waals surface area (Å²) in [5.74, 6) is -0.388. The van der Waals surface area contributed by atoms with Crippen molar-refractivity contribution in [2.75, 3.05) is 18.4 Å². The Labute approximate surface area is 135 Å². The molecule has 0 saturated carbocycles. The number of rotatable bonds is 7. The standard InChI is InChI=1S/C16H23BrN2O2/c1-4-8-19(9-5-2)16(21)11-15(20)18-14-7-6-12(3)10-13(14)17/h6-7,10H,4-5,8-9,11H2,1-3H3,(H,18,20). The number of amides is 2. The SMILES string of the molecule is CCCN(CCC)C(=O)CC(=O)Nc1ccc(C)cc1Br. The fraction of sp³-hybridized carbons (Fsp3) is 0.500. The van der Waals surface area contributed by atoms with Gasteiger partial charge in [-0.3, -0.25) is 9.59 Å². The lowest BCUT2D eigenvalue weighted by atomic mass is 10.2. The van der Waals surface area contributed by atoms with E-state index in [1.54, 1.807) is 4.90 Å². The van der Waals surface area contributed by atoms with Gasteiger partial charge in [-0.2, -0.15) is 0 Å². The first-order chi connectivity index (χ1) is 9.97. The fourth-order valence-corrected chi connectivity index (χ4v) is 2.66. The second-order valence-corrected chi connectivity index (χ2v) is 5.94. The molecular weight excluding hydrogens is 332 g/mol. The van der Waals surface area contributed by atoms with Gasteiger partial charge in [0.15, 0.2) is 0 Å². The largest absolute Gasteiger partial charge is 0.342 e. The van der Waals surface area contributed by atoms with Crippen LogP contribution in [0.5, 0.6) is 0 Å². The molecule has 0 saturated heterocycles. The average Bonchev–Trinajstić information content (AvgIpc) is 2.41. The van der Waals surface area contributed by atoms with E-state index >= 15 is 0 Å². The summed E-state index contributed by atoms with van der Waals surface area (Å²) in [5.41, 5.74) is 1.80. The predicted molar refractivity (Wildman–Crippen MR) is 89.3 cm³/mol. The van der Waals surface area contributed by atoms with Crippen molar-refractivity contribution in [2.24, 2.45) is 0 Å². The number of benzene rings is 1. The van der Waals surface area contributed by atoms with E-state index in [0.29, 0.717) is 18.8 Å². The molecule has 0 radical (unpaired) electrons. The highest BCUT2D eigenvalue weighted by Gasteiger charge is 2.16. The quantitative estimate of drug-likeness (QED) is 0.758. The van der Waals surface area contributed by atoms with Crippen molar-refractivity contribution in [2.45, 2.75) is 40.0 Å². The van der Waals surface area contributed by atoms with Crippen LogP contribution in [0.1, 0.15) is 38.7 Å². The summed E-state index contributed by atoms with van der Waals surface area (Å²) < 4.78 is 0.822. The highest BCUT2D eigenvalue weighted by Crippen LogP contribution is 2.23. The van der Waals surface area contributed by atoms with Crippen LogP contribution in [-0.4, -0.2) is 29.8 Å². The van der Waals surface area contributed by atoms with Crippen LogP contribution in [0.25, 0.3) is 0 Å². The third-order valence-corrected chi connectivity index (χ3v) is 3.71. The van der Waals surface area contributed by atoms with Crippen LogP contribution in [-0.2, 0) is 9.59 Å². The Kier molecular flexibility index (Phi) is 7.43. The van der Waals surface area contributed by atoms with E-state index in [-0.39, 0.29) is 18.2 Å². The molecule has 0 aliphatic heterocycles. The Morgan fingerprint density at radius 3 is 2.33 bits per heavy atom. The Bertz CT molecular complexity index is 497. The van der Waals surface area contributed by atoms with Crippen molar-refractivity contribution in [1.29, 1.82) is 0 Å². The van der Waals surface area contributed by atoms with Gasteiger partial charge in [-0.1, -0.05) is 19.9 Å². The van der Waals surface area contributed by atoms with Gasteiger partial charge >= 0.3 is 0 Å². The summed E-state index contributed by atoms with van der Waals surface area (Å²) in [5, 5.41) is 2.77. The zero-order chi connectivity index (χ0) is 15.8. The van der Waals surface area contributed by atoms with Crippen molar-refractivity contribution in [3.05, 3.63) is 28.2 Å². The summed E-state index contributed by atoms with van der Waals surface area (Å²) in [6.07, 6.45) is 1.69. The molecule has 5 heteroatoms. The van der Waals surface area contributed by atoms with Crippen LogP contribution in [0.15, 0.2) is 22.7 Å². The normalized spacial score (nSPS) is 10.3. The maximum atomic E-state index is 12.1. The highest BCUT2D eigenvalue weighted by atomic mass is 79.9. The Hall–Kier alpha value is -1.36. The molecule has 1 aromatic rings. The van der Waals surface area contributed by atoms with E-state index in [0.717, 1.165) is 22.9 Å². The number of carbonyl (C=O) groups is 2. The highest BCUT2D eigenvalue weighted by molar-refractivity contribution is 9.10. The molecule has 1 aromatic carbocycles. The number of halogens is 1. The molecule has 0 bridgehead atoms. The molecule has 1 N–H and O–H groups in total. The first-order valence-corrected chi connectivity index (χ1v) is 8.11. The Morgan fingerprint density at radius 1 is 1.19 bits per heavy atom. The molecule has 21 heavy (non-hydrogen) atoms. The molecule has 0 fully saturated rings. The third-order valence-electron chi connectivity index (χ3n) is 3.05. The number of aryl methyl sites for hydroxylation is 1. The second kappa shape index (κ2) is 8.82.